The molecule has 3 amide bonds. The van der Waals surface area contributed by atoms with Crippen LogP contribution in [0.2, 0.25) is 0 Å². The molecule has 5 rings (SSSR count). The van der Waals surface area contributed by atoms with Gasteiger partial charge in [0.25, 0.3) is 5.91 Å². The number of amides is 3. The summed E-state index contributed by atoms with van der Waals surface area (Å²) < 4.78 is 33.3. The number of carbonyl (C=O) groups excluding carboxylic acids is 3. The molecule has 1 aromatic heterocycles. The highest BCUT2D eigenvalue weighted by atomic mass is 32.2. The van der Waals surface area contributed by atoms with Crippen LogP contribution in [0.15, 0.2) is 49.2 Å². The van der Waals surface area contributed by atoms with E-state index in [0.717, 1.165) is 10.8 Å². The van der Waals surface area contributed by atoms with Gasteiger partial charge in [-0.05, 0) is 42.2 Å². The molecule has 12 heteroatoms. The summed E-state index contributed by atoms with van der Waals surface area (Å²) in [7, 11) is -3.82. The van der Waals surface area contributed by atoms with E-state index in [1.165, 1.54) is 11.0 Å². The first-order valence-corrected chi connectivity index (χ1v) is 15.4. The van der Waals surface area contributed by atoms with Crippen LogP contribution >= 0.6 is 0 Å². The Bertz CT molecular complexity index is 1500. The van der Waals surface area contributed by atoms with Gasteiger partial charge in [-0.15, -0.1) is 6.58 Å². The molecule has 5 atom stereocenters. The van der Waals surface area contributed by atoms with Crippen LogP contribution in [-0.2, 0) is 24.4 Å². The van der Waals surface area contributed by atoms with Crippen molar-refractivity contribution in [3.63, 3.8) is 0 Å². The molecule has 0 unspecified atom stereocenters. The Kier molecular flexibility index (Phi) is 7.35. The fraction of sp³-hybridized carbons (Fsp3) is 0.517. The van der Waals surface area contributed by atoms with Gasteiger partial charge in [0.05, 0.1) is 17.8 Å². The number of aromatic nitrogens is 1. The largest absolute Gasteiger partial charge is 0.472 e. The molecule has 3 aliphatic rings. The molecule has 2 saturated carbocycles. The molecule has 1 aromatic carbocycles. The number of rotatable bonds is 9. The number of hydrogen-bond acceptors (Lipinski definition) is 8. The van der Waals surface area contributed by atoms with E-state index in [1.807, 2.05) is 51.1 Å². The van der Waals surface area contributed by atoms with E-state index in [0.29, 0.717) is 18.7 Å². The van der Waals surface area contributed by atoms with Crippen LogP contribution in [0.4, 0.5) is 0 Å². The van der Waals surface area contributed by atoms with Crippen LogP contribution in [0, 0.1) is 11.3 Å². The number of fused-ring (bicyclic) bond motifs is 1. The zero-order valence-corrected chi connectivity index (χ0v) is 24.3. The molecule has 1 saturated heterocycles. The Morgan fingerprint density at radius 3 is 2.56 bits per heavy atom. The van der Waals surface area contributed by atoms with Crippen LogP contribution in [0.25, 0.3) is 10.8 Å². The van der Waals surface area contributed by atoms with E-state index >= 15 is 0 Å². The lowest BCUT2D eigenvalue weighted by molar-refractivity contribution is -0.142. The Hall–Kier alpha value is -3.51. The first-order chi connectivity index (χ1) is 19.3. The van der Waals surface area contributed by atoms with Gasteiger partial charge in [-0.2, -0.15) is 0 Å². The van der Waals surface area contributed by atoms with Crippen molar-refractivity contribution in [3.8, 4) is 5.88 Å². The van der Waals surface area contributed by atoms with E-state index in [9.17, 15) is 22.8 Å². The summed E-state index contributed by atoms with van der Waals surface area (Å²) in [6.07, 6.45) is 3.91. The third-order valence-electron chi connectivity index (χ3n) is 8.21. The van der Waals surface area contributed by atoms with Crippen LogP contribution in [0.5, 0.6) is 5.88 Å². The van der Waals surface area contributed by atoms with E-state index in [-0.39, 0.29) is 19.4 Å². The van der Waals surface area contributed by atoms with Gasteiger partial charge in [-0.25, -0.2) is 13.4 Å². The van der Waals surface area contributed by atoms with Crippen LogP contribution in [-0.4, -0.2) is 71.5 Å². The molecule has 0 radical (unpaired) electrons. The minimum atomic E-state index is -3.82. The molecule has 0 spiro atoms. The predicted octanol–water partition coefficient (Wildman–Crippen LogP) is 1.63. The van der Waals surface area contributed by atoms with Gasteiger partial charge in [0.1, 0.15) is 17.7 Å². The zero-order chi connectivity index (χ0) is 29.7. The average Bonchev–Trinajstić information content (AvgIpc) is 3.84. The Morgan fingerprint density at radius 2 is 1.93 bits per heavy atom. The Labute approximate surface area is 239 Å². The van der Waals surface area contributed by atoms with Crippen LogP contribution in [0.3, 0.4) is 0 Å². The minimum absolute atomic E-state index is 0.0890. The van der Waals surface area contributed by atoms with Crippen molar-refractivity contribution in [1.29, 1.82) is 0 Å². The molecule has 2 heterocycles. The molecule has 41 heavy (non-hydrogen) atoms. The number of carbonyl (C=O) groups is 3. The summed E-state index contributed by atoms with van der Waals surface area (Å²) in [6, 6.07) is 7.58. The van der Waals surface area contributed by atoms with Crippen molar-refractivity contribution in [1.82, 2.24) is 19.9 Å². The fourth-order valence-electron chi connectivity index (χ4n) is 5.29. The summed E-state index contributed by atoms with van der Waals surface area (Å²) >= 11 is 0. The maximum Gasteiger partial charge on any atom is 0.259 e. The van der Waals surface area contributed by atoms with Crippen molar-refractivity contribution in [2.24, 2.45) is 17.1 Å². The van der Waals surface area contributed by atoms with E-state index < -0.39 is 68.1 Å². The number of ether oxygens (including phenoxy) is 1. The van der Waals surface area contributed by atoms with Gasteiger partial charge in [0.2, 0.25) is 27.7 Å². The van der Waals surface area contributed by atoms with Crippen molar-refractivity contribution in [2.75, 3.05) is 6.54 Å². The Balaban J connectivity index is 1.39. The number of nitrogens with zero attached hydrogens (tertiary/aromatic N) is 2. The predicted molar refractivity (Wildman–Crippen MR) is 153 cm³/mol. The summed E-state index contributed by atoms with van der Waals surface area (Å²) in [5.41, 5.74) is 4.29. The molecule has 2 aliphatic carbocycles. The molecule has 2 aromatic rings. The molecule has 3 fully saturated rings. The standard InChI is InChI=1S/C29H37N5O6S/c1-5-18-15-29(18,27(37)33-41(38,39)20-10-11-20)32-24(35)22-14-19(16-34(22)26(36)23(30)28(2,3)4)40-25-21-9-7-6-8-17(21)12-13-31-25/h5-9,12-13,18-20,22-23H,1,10-11,14-16,30H2,2-4H3,(H,32,35)(H,33,37)/t18-,19-,22+,23-,29-/m1/s1. The maximum absolute atomic E-state index is 13.8. The Morgan fingerprint density at radius 1 is 1.22 bits per heavy atom. The maximum atomic E-state index is 13.8. The van der Waals surface area contributed by atoms with Crippen molar-refractivity contribution in [3.05, 3.63) is 49.2 Å². The van der Waals surface area contributed by atoms with Gasteiger partial charge < -0.3 is 20.7 Å². The molecule has 4 N–H and O–H groups in total. The lowest BCUT2D eigenvalue weighted by Crippen LogP contribution is -2.59. The molecule has 1 aliphatic heterocycles. The minimum Gasteiger partial charge on any atom is -0.472 e. The molecule has 220 valence electrons. The number of sulfonamides is 1. The third-order valence-corrected chi connectivity index (χ3v) is 10.0. The second kappa shape index (κ2) is 10.4. The second-order valence-corrected chi connectivity index (χ2v) is 14.3. The van der Waals surface area contributed by atoms with Crippen molar-refractivity contribution in [2.45, 2.75) is 75.4 Å². The summed E-state index contributed by atoms with van der Waals surface area (Å²) in [6.45, 7) is 9.35. The first-order valence-electron chi connectivity index (χ1n) is 13.8. The highest BCUT2D eigenvalue weighted by Gasteiger charge is 2.62. The van der Waals surface area contributed by atoms with Crippen molar-refractivity contribution < 1.29 is 27.5 Å². The SMILES string of the molecule is C=C[C@@H]1C[C@]1(NC(=O)[C@@H]1C[C@@H](Oc2nccc3ccccc23)CN1C(=O)[C@@H](N)C(C)(C)C)C(=O)NS(=O)(=O)C1CC1. The number of hydrogen-bond donors (Lipinski definition) is 3. The van der Waals surface area contributed by atoms with Gasteiger partial charge in [0.15, 0.2) is 0 Å². The number of pyridine rings is 1. The molecular formula is C29H37N5O6S. The van der Waals surface area contributed by atoms with E-state index in [1.54, 1.807) is 6.20 Å². The zero-order valence-electron chi connectivity index (χ0n) is 23.5. The van der Waals surface area contributed by atoms with Gasteiger partial charge >= 0.3 is 0 Å². The van der Waals surface area contributed by atoms with Crippen molar-refractivity contribution >= 4 is 38.5 Å². The molecule has 11 nitrogen and oxygen atoms in total. The second-order valence-electron chi connectivity index (χ2n) is 12.3. The highest BCUT2D eigenvalue weighted by molar-refractivity contribution is 7.91. The number of benzene rings is 1. The smallest absolute Gasteiger partial charge is 0.259 e. The average molecular weight is 584 g/mol. The molecule has 0 bridgehead atoms. The normalized spacial score (nSPS) is 26.7. The van der Waals surface area contributed by atoms with E-state index in [4.69, 9.17) is 10.5 Å². The summed E-state index contributed by atoms with van der Waals surface area (Å²) in [4.78, 5) is 46.4. The van der Waals surface area contributed by atoms with Gasteiger partial charge in [-0.3, -0.25) is 19.1 Å². The van der Waals surface area contributed by atoms with E-state index in [2.05, 4.69) is 21.6 Å². The third kappa shape index (κ3) is 5.67. The monoisotopic (exact) mass is 583 g/mol. The lowest BCUT2D eigenvalue weighted by atomic mass is 9.86. The van der Waals surface area contributed by atoms with Crippen LogP contribution < -0.4 is 20.5 Å². The number of likely N-dealkylation sites (tertiary alicyclic amines) is 1. The van der Waals surface area contributed by atoms with Gasteiger partial charge in [0, 0.05) is 23.9 Å². The van der Waals surface area contributed by atoms with Gasteiger partial charge in [-0.1, -0.05) is 45.0 Å². The summed E-state index contributed by atoms with van der Waals surface area (Å²) in [5.74, 6) is -1.86. The fourth-order valence-corrected chi connectivity index (χ4v) is 6.65. The molecular weight excluding hydrogens is 546 g/mol. The number of nitrogens with two attached hydrogens (primary N) is 1. The lowest BCUT2D eigenvalue weighted by Gasteiger charge is -2.33. The van der Waals surface area contributed by atoms with Crippen LogP contribution in [0.1, 0.15) is 46.5 Å². The topological polar surface area (TPSA) is 161 Å². The highest BCUT2D eigenvalue weighted by Crippen LogP contribution is 2.45. The summed E-state index contributed by atoms with van der Waals surface area (Å²) in [5, 5.41) is 3.91. The first kappa shape index (κ1) is 29.0. The quantitative estimate of drug-likeness (QED) is 0.376. The number of nitrogens with one attached hydrogen (secondary N) is 2.